The number of aliphatic hydroxyl groups is 2. The Hall–Kier alpha value is -1.52. The normalized spacial score (nSPS) is 19.6. The van der Waals surface area contributed by atoms with E-state index in [-0.39, 0.29) is 30.3 Å². The molecule has 1 aliphatic heterocycles. The summed E-state index contributed by atoms with van der Waals surface area (Å²) in [6.07, 6.45) is 5.40. The Morgan fingerprint density at radius 2 is 1.97 bits per heavy atom. The first-order valence-corrected chi connectivity index (χ1v) is 10.7. The highest BCUT2D eigenvalue weighted by molar-refractivity contribution is 6.28. The predicted molar refractivity (Wildman–Crippen MR) is 119 cm³/mol. The van der Waals surface area contributed by atoms with Gasteiger partial charge in [-0.05, 0) is 51.1 Å². The summed E-state index contributed by atoms with van der Waals surface area (Å²) in [5, 5.41) is 32.2. The number of halogens is 1. The lowest BCUT2D eigenvalue weighted by molar-refractivity contribution is -0.155. The molecule has 0 aliphatic carbocycles. The van der Waals surface area contributed by atoms with Crippen molar-refractivity contribution in [2.45, 2.75) is 84.0 Å². The summed E-state index contributed by atoms with van der Waals surface area (Å²) in [6, 6.07) is 0.272. The van der Waals surface area contributed by atoms with Gasteiger partial charge >= 0.3 is 0 Å². The molecule has 9 nitrogen and oxygen atoms in total. The number of anilines is 2. The second-order valence-corrected chi connectivity index (χ2v) is 7.93. The summed E-state index contributed by atoms with van der Waals surface area (Å²) in [5.41, 5.74) is 0.560. The van der Waals surface area contributed by atoms with Gasteiger partial charge in [-0.25, -0.2) is 0 Å². The maximum atomic E-state index is 9.17. The number of rotatable bonds is 10. The topological polar surface area (TPSA) is 133 Å². The zero-order chi connectivity index (χ0) is 22.7. The summed E-state index contributed by atoms with van der Waals surface area (Å²) >= 11 is 6.07. The van der Waals surface area contributed by atoms with Crippen molar-refractivity contribution < 1.29 is 19.7 Å². The lowest BCUT2D eigenvalue weighted by atomic mass is 10.1. The summed E-state index contributed by atoms with van der Waals surface area (Å²) in [4.78, 5) is 8.46. The molecule has 3 unspecified atom stereocenters. The predicted octanol–water partition coefficient (Wildman–Crippen LogP) is 3.39. The quantitative estimate of drug-likeness (QED) is 0.210. The number of methoxy groups -OCH3 is 1. The van der Waals surface area contributed by atoms with Crippen molar-refractivity contribution in [1.29, 1.82) is 5.41 Å². The number of nitrogens with one attached hydrogen (secondary N) is 3. The molecule has 2 rings (SSSR count). The number of hydrogen-bond donors (Lipinski definition) is 5. The van der Waals surface area contributed by atoms with Crippen molar-refractivity contribution in [3.8, 4) is 0 Å². The van der Waals surface area contributed by atoms with E-state index in [0.717, 1.165) is 32.1 Å². The van der Waals surface area contributed by atoms with Crippen LogP contribution in [0.1, 0.15) is 65.4 Å². The molecule has 1 aromatic rings. The first kappa shape index (κ1) is 26.5. The van der Waals surface area contributed by atoms with Crippen molar-refractivity contribution >= 4 is 29.5 Å². The van der Waals surface area contributed by atoms with E-state index in [2.05, 4.69) is 39.2 Å². The minimum Gasteiger partial charge on any atom is -0.394 e. The van der Waals surface area contributed by atoms with Gasteiger partial charge in [-0.2, -0.15) is 9.97 Å². The third-order valence-corrected chi connectivity index (χ3v) is 4.81. The van der Waals surface area contributed by atoms with E-state index in [9.17, 15) is 0 Å². The van der Waals surface area contributed by atoms with Gasteiger partial charge in [0, 0.05) is 19.4 Å². The third-order valence-electron chi connectivity index (χ3n) is 4.64. The molecule has 3 atom stereocenters. The van der Waals surface area contributed by atoms with Crippen LogP contribution in [0.3, 0.4) is 0 Å². The average Bonchev–Trinajstić information content (AvgIpc) is 3.15. The van der Waals surface area contributed by atoms with Crippen LogP contribution < -0.4 is 10.6 Å². The number of aliphatic hydroxyl groups excluding tert-OH is 1. The van der Waals surface area contributed by atoms with Crippen LogP contribution in [0.15, 0.2) is 0 Å². The minimum atomic E-state index is -0.958. The van der Waals surface area contributed by atoms with E-state index in [0.29, 0.717) is 17.2 Å². The zero-order valence-electron chi connectivity index (χ0n) is 18.5. The van der Waals surface area contributed by atoms with E-state index in [1.165, 1.54) is 13.3 Å². The fourth-order valence-electron chi connectivity index (χ4n) is 2.82. The Balaban J connectivity index is 0.000000656. The molecule has 0 aromatic carbocycles. The number of aromatic nitrogens is 2. The van der Waals surface area contributed by atoms with Gasteiger partial charge in [0.25, 0.3) is 0 Å². The molecule has 5 N–H and O–H groups in total. The number of hydrogen-bond acceptors (Lipinski definition) is 9. The fourth-order valence-corrected chi connectivity index (χ4v) is 2.99. The molecule has 30 heavy (non-hydrogen) atoms. The van der Waals surface area contributed by atoms with Crippen LogP contribution >= 0.6 is 11.6 Å². The van der Waals surface area contributed by atoms with Gasteiger partial charge in [-0.15, -0.1) is 0 Å². The molecule has 1 saturated heterocycles. The van der Waals surface area contributed by atoms with E-state index in [4.69, 9.17) is 32.0 Å². The third kappa shape index (κ3) is 9.09. The SMILES string of the molecule is CCCC(CC)Nc1nc(Cl)nc(NC2CCC(CO)O2)c1C=N.COC(C)(C)O. The number of ether oxygens (including phenoxy) is 2. The fraction of sp³-hybridized carbons (Fsp3) is 0.750. The highest BCUT2D eigenvalue weighted by atomic mass is 35.5. The van der Waals surface area contributed by atoms with Gasteiger partial charge in [-0.1, -0.05) is 20.3 Å². The van der Waals surface area contributed by atoms with Crippen LogP contribution in [0.4, 0.5) is 11.6 Å². The van der Waals surface area contributed by atoms with Gasteiger partial charge < -0.3 is 35.7 Å². The Bertz CT molecular complexity index is 657. The summed E-state index contributed by atoms with van der Waals surface area (Å²) < 4.78 is 10.2. The Labute approximate surface area is 184 Å². The molecule has 2 heterocycles. The molecule has 0 spiro atoms. The molecule has 1 fully saturated rings. The summed E-state index contributed by atoms with van der Waals surface area (Å²) in [5.74, 6) is 0.0759. The monoisotopic (exact) mass is 445 g/mol. The maximum Gasteiger partial charge on any atom is 0.226 e. The number of nitrogens with zero attached hydrogens (tertiary/aromatic N) is 2. The molecule has 10 heteroatoms. The second kappa shape index (κ2) is 13.0. The van der Waals surface area contributed by atoms with E-state index in [1.54, 1.807) is 13.8 Å². The largest absolute Gasteiger partial charge is 0.394 e. The molecule has 1 aromatic heterocycles. The highest BCUT2D eigenvalue weighted by Gasteiger charge is 2.26. The van der Waals surface area contributed by atoms with Crippen molar-refractivity contribution in [3.05, 3.63) is 10.8 Å². The lowest BCUT2D eigenvalue weighted by Gasteiger charge is -2.21. The van der Waals surface area contributed by atoms with Gasteiger partial charge in [0.1, 0.15) is 17.9 Å². The van der Waals surface area contributed by atoms with Crippen LogP contribution in [0.25, 0.3) is 0 Å². The summed E-state index contributed by atoms with van der Waals surface area (Å²) in [7, 11) is 1.46. The molecule has 1 aliphatic rings. The first-order valence-electron chi connectivity index (χ1n) is 10.3. The van der Waals surface area contributed by atoms with Crippen molar-refractivity contribution in [2.24, 2.45) is 0 Å². The highest BCUT2D eigenvalue weighted by Crippen LogP contribution is 2.27. The van der Waals surface area contributed by atoms with Gasteiger partial charge in [0.15, 0.2) is 5.79 Å². The zero-order valence-corrected chi connectivity index (χ0v) is 19.3. The first-order chi connectivity index (χ1) is 14.2. The van der Waals surface area contributed by atoms with Crippen molar-refractivity contribution in [2.75, 3.05) is 24.4 Å². The van der Waals surface area contributed by atoms with Crippen LogP contribution in [0.2, 0.25) is 5.28 Å². The molecule has 0 saturated carbocycles. The molecular weight excluding hydrogens is 410 g/mol. The van der Waals surface area contributed by atoms with Crippen LogP contribution in [-0.4, -0.2) is 64.3 Å². The molecule has 172 valence electrons. The van der Waals surface area contributed by atoms with E-state index >= 15 is 0 Å². The minimum absolute atomic E-state index is 0.00212. The van der Waals surface area contributed by atoms with Gasteiger partial charge in [0.05, 0.1) is 18.3 Å². The second-order valence-electron chi connectivity index (χ2n) is 7.59. The van der Waals surface area contributed by atoms with Crippen LogP contribution in [0.5, 0.6) is 0 Å². The lowest BCUT2D eigenvalue weighted by Crippen LogP contribution is -2.24. The Morgan fingerprint density at radius 1 is 1.33 bits per heavy atom. The van der Waals surface area contributed by atoms with Crippen molar-refractivity contribution in [3.63, 3.8) is 0 Å². The molecular formula is C20H36ClN5O4. The van der Waals surface area contributed by atoms with Crippen LogP contribution in [-0.2, 0) is 9.47 Å². The Kier molecular flexibility index (Phi) is 11.5. The molecule has 0 amide bonds. The van der Waals surface area contributed by atoms with Gasteiger partial charge in [-0.3, -0.25) is 0 Å². The van der Waals surface area contributed by atoms with Crippen molar-refractivity contribution in [1.82, 2.24) is 9.97 Å². The maximum absolute atomic E-state index is 9.17. The van der Waals surface area contributed by atoms with E-state index in [1.807, 2.05) is 0 Å². The van der Waals surface area contributed by atoms with E-state index < -0.39 is 5.79 Å². The van der Waals surface area contributed by atoms with Crippen LogP contribution in [0, 0.1) is 5.41 Å². The average molecular weight is 446 g/mol. The van der Waals surface area contributed by atoms with Gasteiger partial charge in [0.2, 0.25) is 5.28 Å². The Morgan fingerprint density at radius 3 is 2.43 bits per heavy atom. The molecule has 0 radical (unpaired) electrons. The smallest absolute Gasteiger partial charge is 0.226 e. The molecule has 0 bridgehead atoms. The summed E-state index contributed by atoms with van der Waals surface area (Å²) in [6.45, 7) is 7.40. The standard InChI is InChI=1S/C16H26ClN5O2.C4H10O2/c1-3-5-10(4-2)19-14-12(8-18)15(22-16(17)21-14)20-13-7-6-11(9-23)24-13;1-4(2,5)6-3/h8,10-11,13,18,23H,3-7,9H2,1-2H3,(H2,19,20,21,22);5H,1-3H3.